The van der Waals surface area contributed by atoms with Gasteiger partial charge in [0.1, 0.15) is 5.92 Å². The van der Waals surface area contributed by atoms with Crippen molar-refractivity contribution in [1.82, 2.24) is 4.90 Å². The van der Waals surface area contributed by atoms with Gasteiger partial charge in [0.25, 0.3) is 11.4 Å². The quantitative estimate of drug-likeness (QED) is 0.618. The summed E-state index contributed by atoms with van der Waals surface area (Å²) in [6.45, 7) is 8.89. The minimum Gasteiger partial charge on any atom is -0.623 e. The number of nitrogens with zero attached hydrogens (tertiary/aromatic N) is 2. The first-order valence-corrected chi connectivity index (χ1v) is 7.69. The van der Waals surface area contributed by atoms with Crippen LogP contribution in [0.3, 0.4) is 0 Å². The van der Waals surface area contributed by atoms with Crippen molar-refractivity contribution >= 4 is 11.6 Å². The molecule has 2 rings (SSSR count). The Morgan fingerprint density at radius 1 is 1.24 bits per heavy atom. The second-order valence-corrected chi connectivity index (χ2v) is 5.61. The van der Waals surface area contributed by atoms with Crippen LogP contribution in [-0.2, 0) is 4.79 Å². The molecule has 1 aliphatic rings. The highest BCUT2D eigenvalue weighted by molar-refractivity contribution is 6.02. The van der Waals surface area contributed by atoms with Gasteiger partial charge in [0.15, 0.2) is 5.71 Å². The van der Waals surface area contributed by atoms with E-state index in [-0.39, 0.29) is 11.8 Å². The Balaban J connectivity index is 2.46. The zero-order chi connectivity index (χ0) is 15.6. The van der Waals surface area contributed by atoms with Gasteiger partial charge in [-0.2, -0.15) is 4.74 Å². The van der Waals surface area contributed by atoms with Gasteiger partial charge in [-0.05, 0) is 19.4 Å². The molecule has 0 aromatic heterocycles. The molecular weight excluding hydrogens is 264 g/mol. The minimum atomic E-state index is -1.02. The van der Waals surface area contributed by atoms with Crippen LogP contribution in [0.2, 0.25) is 0 Å². The van der Waals surface area contributed by atoms with E-state index >= 15 is 0 Å². The molecule has 0 saturated heterocycles. The molecule has 4 heteroatoms. The molecule has 0 radical (unpaired) electrons. The van der Waals surface area contributed by atoms with Crippen LogP contribution in [-0.4, -0.2) is 39.9 Å². The highest BCUT2D eigenvalue weighted by Crippen LogP contribution is 2.42. The summed E-state index contributed by atoms with van der Waals surface area (Å²) in [4.78, 5) is 14.6. The van der Waals surface area contributed by atoms with Crippen molar-refractivity contribution in [3.63, 3.8) is 0 Å². The third-order valence-corrected chi connectivity index (χ3v) is 4.56. The summed E-state index contributed by atoms with van der Waals surface area (Å²) in [6.07, 6.45) is 0.671. The van der Waals surface area contributed by atoms with E-state index in [1.54, 1.807) is 11.8 Å². The summed E-state index contributed by atoms with van der Waals surface area (Å²) in [5.74, 6) is -0.192. The molecule has 4 nitrogen and oxygen atoms in total. The van der Waals surface area contributed by atoms with Gasteiger partial charge in [0.05, 0.1) is 0 Å². The van der Waals surface area contributed by atoms with Gasteiger partial charge in [0.2, 0.25) is 0 Å². The number of carbonyl (C=O) groups excluding carboxylic acids is 1. The van der Waals surface area contributed by atoms with E-state index in [2.05, 4.69) is 0 Å². The highest BCUT2D eigenvalue weighted by Gasteiger charge is 2.63. The number of likely N-dealkylation sites (N-methyl/N-ethyl adjacent to an activating group) is 1. The van der Waals surface area contributed by atoms with Gasteiger partial charge >= 0.3 is 0 Å². The van der Waals surface area contributed by atoms with Crippen LogP contribution in [0.15, 0.2) is 30.3 Å². The van der Waals surface area contributed by atoms with E-state index in [0.29, 0.717) is 19.5 Å². The molecule has 0 bridgehead atoms. The SMILES string of the molecule is CCC1=[N+]([O-])C(C)(C(=O)N(CC)CC)C1c1ccccc1. The van der Waals surface area contributed by atoms with Crippen molar-refractivity contribution in [2.75, 3.05) is 13.1 Å². The maximum atomic E-state index is 12.8. The van der Waals surface area contributed by atoms with Crippen LogP contribution in [0.25, 0.3) is 0 Å². The molecule has 0 aliphatic carbocycles. The maximum absolute atomic E-state index is 12.8. The smallest absolute Gasteiger partial charge is 0.296 e. The predicted octanol–water partition coefficient (Wildman–Crippen LogP) is 2.77. The molecular formula is C17H24N2O2. The lowest BCUT2D eigenvalue weighted by Gasteiger charge is -2.45. The summed E-state index contributed by atoms with van der Waals surface area (Å²) in [5, 5.41) is 12.5. The Kier molecular flexibility index (Phi) is 4.35. The molecule has 21 heavy (non-hydrogen) atoms. The molecule has 0 spiro atoms. The van der Waals surface area contributed by atoms with Gasteiger partial charge < -0.3 is 10.1 Å². The monoisotopic (exact) mass is 288 g/mol. The number of amides is 1. The zero-order valence-corrected chi connectivity index (χ0v) is 13.3. The average Bonchev–Trinajstić information content (AvgIpc) is 2.52. The van der Waals surface area contributed by atoms with E-state index in [4.69, 9.17) is 0 Å². The van der Waals surface area contributed by atoms with Crippen LogP contribution >= 0.6 is 0 Å². The Morgan fingerprint density at radius 2 is 1.81 bits per heavy atom. The Morgan fingerprint density at radius 3 is 2.29 bits per heavy atom. The van der Waals surface area contributed by atoms with Crippen LogP contribution < -0.4 is 0 Å². The lowest BCUT2D eigenvalue weighted by Crippen LogP contribution is -2.66. The van der Waals surface area contributed by atoms with E-state index in [1.165, 1.54) is 0 Å². The molecule has 114 valence electrons. The maximum Gasteiger partial charge on any atom is 0.296 e. The van der Waals surface area contributed by atoms with Gasteiger partial charge in [0, 0.05) is 26.4 Å². The molecule has 0 N–H and O–H groups in total. The third kappa shape index (κ3) is 2.23. The number of hydrogen-bond donors (Lipinski definition) is 0. The lowest BCUT2D eigenvalue weighted by molar-refractivity contribution is -0.565. The van der Waals surface area contributed by atoms with Crippen molar-refractivity contribution in [3.05, 3.63) is 41.1 Å². The first-order chi connectivity index (χ1) is 10.0. The largest absolute Gasteiger partial charge is 0.623 e. The number of hydroxylamine groups is 1. The Hall–Kier alpha value is -1.84. The van der Waals surface area contributed by atoms with E-state index in [9.17, 15) is 10.0 Å². The molecule has 0 saturated carbocycles. The molecule has 1 heterocycles. The first kappa shape index (κ1) is 15.5. The fraction of sp³-hybridized carbons (Fsp3) is 0.529. The molecule has 1 aromatic rings. The van der Waals surface area contributed by atoms with Gasteiger partial charge in [-0.25, -0.2) is 0 Å². The van der Waals surface area contributed by atoms with Crippen molar-refractivity contribution < 1.29 is 9.53 Å². The van der Waals surface area contributed by atoms with Crippen molar-refractivity contribution in [3.8, 4) is 0 Å². The van der Waals surface area contributed by atoms with Crippen molar-refractivity contribution in [2.24, 2.45) is 0 Å². The van der Waals surface area contributed by atoms with E-state index in [1.807, 2.05) is 51.1 Å². The van der Waals surface area contributed by atoms with Gasteiger partial charge in [-0.1, -0.05) is 37.3 Å². The summed E-state index contributed by atoms with van der Waals surface area (Å²) in [6, 6.07) is 9.87. The predicted molar refractivity (Wildman–Crippen MR) is 84.4 cm³/mol. The van der Waals surface area contributed by atoms with Crippen molar-refractivity contribution in [2.45, 2.75) is 45.6 Å². The summed E-state index contributed by atoms with van der Waals surface area (Å²) in [5.41, 5.74) is 0.826. The van der Waals surface area contributed by atoms with Crippen LogP contribution in [0, 0.1) is 5.21 Å². The molecule has 1 amide bonds. The van der Waals surface area contributed by atoms with E-state index < -0.39 is 5.54 Å². The lowest BCUT2D eigenvalue weighted by atomic mass is 9.70. The normalized spacial score (nSPS) is 24.7. The number of carbonyl (C=O) groups is 1. The molecule has 1 aromatic carbocycles. The van der Waals surface area contributed by atoms with E-state index in [0.717, 1.165) is 16.0 Å². The summed E-state index contributed by atoms with van der Waals surface area (Å²) in [7, 11) is 0. The second kappa shape index (κ2) is 5.88. The van der Waals surface area contributed by atoms with Crippen molar-refractivity contribution in [1.29, 1.82) is 0 Å². The molecule has 0 fully saturated rings. The molecule has 2 atom stereocenters. The minimum absolute atomic E-state index is 0.0754. The fourth-order valence-corrected chi connectivity index (χ4v) is 3.34. The summed E-state index contributed by atoms with van der Waals surface area (Å²) < 4.78 is 0.936. The molecule has 2 unspecified atom stereocenters. The average molecular weight is 288 g/mol. The number of benzene rings is 1. The standard InChI is InChI=1S/C17H24N2O2/c1-5-14-15(13-11-9-8-10-12-13)17(4,19(14)21)16(20)18(6-2)7-3/h8-12,15H,5-7H2,1-4H3. The Bertz CT molecular complexity index is 549. The van der Waals surface area contributed by atoms with Gasteiger partial charge in [-0.15, -0.1) is 0 Å². The fourth-order valence-electron chi connectivity index (χ4n) is 3.34. The number of rotatable bonds is 5. The first-order valence-electron chi connectivity index (χ1n) is 7.69. The molecule has 1 aliphatic heterocycles. The number of hydrogen-bond acceptors (Lipinski definition) is 2. The third-order valence-electron chi connectivity index (χ3n) is 4.56. The van der Waals surface area contributed by atoms with Crippen LogP contribution in [0.1, 0.15) is 45.6 Å². The van der Waals surface area contributed by atoms with Crippen LogP contribution in [0.5, 0.6) is 0 Å². The Labute approximate surface area is 126 Å². The summed E-state index contributed by atoms with van der Waals surface area (Å²) >= 11 is 0. The topological polar surface area (TPSA) is 46.4 Å². The highest BCUT2D eigenvalue weighted by atomic mass is 16.5. The second-order valence-electron chi connectivity index (χ2n) is 5.61. The van der Waals surface area contributed by atoms with Crippen LogP contribution in [0.4, 0.5) is 0 Å². The zero-order valence-electron chi connectivity index (χ0n) is 13.3. The van der Waals surface area contributed by atoms with Gasteiger partial charge in [-0.3, -0.25) is 4.79 Å².